The van der Waals surface area contributed by atoms with Crippen molar-refractivity contribution in [2.75, 3.05) is 6.54 Å². The largest absolute Gasteiger partial charge is 0.480 e. The number of carboxylic acids is 1. The predicted octanol–water partition coefficient (Wildman–Crippen LogP) is -0.170. The molecule has 12 nitrogen and oxygen atoms in total. The number of H-pyrrole nitrogens is 2. The fourth-order valence-corrected chi connectivity index (χ4v) is 3.65. The van der Waals surface area contributed by atoms with Gasteiger partial charge in [-0.15, -0.1) is 0 Å². The monoisotopic (exact) mass is 497 g/mol. The second-order valence-corrected chi connectivity index (χ2v) is 8.85. The molecule has 0 aliphatic carbocycles. The summed E-state index contributed by atoms with van der Waals surface area (Å²) in [7, 11) is 0. The Morgan fingerprint density at radius 1 is 1.03 bits per heavy atom. The average molecular weight is 498 g/mol. The van der Waals surface area contributed by atoms with Crippen LogP contribution in [0.15, 0.2) is 43.0 Å². The van der Waals surface area contributed by atoms with E-state index in [1.54, 1.807) is 20.0 Å². The van der Waals surface area contributed by atoms with Gasteiger partial charge < -0.3 is 36.8 Å². The number of nitrogens with one attached hydrogen (secondary N) is 5. The highest BCUT2D eigenvalue weighted by atomic mass is 16.4. The van der Waals surface area contributed by atoms with Gasteiger partial charge in [0.15, 0.2) is 0 Å². The number of hydrogen-bond donors (Lipinski definition) is 7. The van der Waals surface area contributed by atoms with Crippen LogP contribution in [-0.2, 0) is 32.0 Å². The summed E-state index contributed by atoms with van der Waals surface area (Å²) in [6.45, 7) is 3.18. The van der Waals surface area contributed by atoms with E-state index in [0.29, 0.717) is 5.69 Å². The quantitative estimate of drug-likeness (QED) is 0.180. The summed E-state index contributed by atoms with van der Waals surface area (Å²) in [6, 6.07) is 4.32. The lowest BCUT2D eigenvalue weighted by molar-refractivity contribution is -0.142. The zero-order chi connectivity index (χ0) is 26.2. The van der Waals surface area contributed by atoms with Crippen LogP contribution in [0.3, 0.4) is 0 Å². The van der Waals surface area contributed by atoms with Gasteiger partial charge >= 0.3 is 5.97 Å². The molecule has 0 aliphatic heterocycles. The fourth-order valence-electron chi connectivity index (χ4n) is 3.65. The summed E-state index contributed by atoms with van der Waals surface area (Å²) in [5, 5.41) is 18.2. The third-order valence-electron chi connectivity index (χ3n) is 5.79. The molecule has 0 saturated heterocycles. The Balaban J connectivity index is 1.69. The number of hydrogen-bond acceptors (Lipinski definition) is 6. The van der Waals surface area contributed by atoms with Gasteiger partial charge in [-0.3, -0.25) is 14.4 Å². The third-order valence-corrected chi connectivity index (χ3v) is 5.79. The maximum atomic E-state index is 13.1. The van der Waals surface area contributed by atoms with Gasteiger partial charge in [-0.25, -0.2) is 9.78 Å². The number of amides is 3. The Morgan fingerprint density at radius 3 is 2.44 bits per heavy atom. The lowest BCUT2D eigenvalue weighted by atomic mass is 10.0. The zero-order valence-electron chi connectivity index (χ0n) is 20.1. The standard InChI is InChI=1S/C24H31N7O5/c1-13(2)21(25)23(34)28-11-20(32)30-18(8-15-10-26-12-29-15)22(33)31-19(24(35)36)7-14-9-27-17-6-4-3-5-16(14)17/h3-6,9-10,12-13,18-19,21,27H,7-8,11,25H2,1-2H3,(H,26,29)(H,28,34)(H,30,32)(H,31,33)(H,35,36). The summed E-state index contributed by atoms with van der Waals surface area (Å²) in [5.74, 6) is -3.12. The van der Waals surface area contributed by atoms with Crippen LogP contribution in [0.1, 0.15) is 25.1 Å². The van der Waals surface area contributed by atoms with Crippen molar-refractivity contribution < 1.29 is 24.3 Å². The van der Waals surface area contributed by atoms with E-state index in [1.165, 1.54) is 12.5 Å². The second kappa shape index (κ2) is 12.0. The molecule has 192 valence electrons. The lowest BCUT2D eigenvalue weighted by Crippen LogP contribution is -2.55. The number of carboxylic acid groups (broad SMARTS) is 1. The number of imidazole rings is 1. The van der Waals surface area contributed by atoms with Crippen molar-refractivity contribution in [2.45, 2.75) is 44.8 Å². The number of nitrogens with two attached hydrogens (primary N) is 1. The highest BCUT2D eigenvalue weighted by molar-refractivity contribution is 5.93. The number of para-hydroxylation sites is 1. The molecule has 0 radical (unpaired) electrons. The first-order chi connectivity index (χ1) is 17.2. The van der Waals surface area contributed by atoms with E-state index in [2.05, 4.69) is 30.9 Å². The lowest BCUT2D eigenvalue weighted by Gasteiger charge is -2.22. The molecule has 3 aromatic rings. The smallest absolute Gasteiger partial charge is 0.326 e. The Hall–Kier alpha value is -4.19. The van der Waals surface area contributed by atoms with Gasteiger partial charge in [0.05, 0.1) is 18.9 Å². The predicted molar refractivity (Wildman–Crippen MR) is 132 cm³/mol. The maximum Gasteiger partial charge on any atom is 0.326 e. The minimum Gasteiger partial charge on any atom is -0.480 e. The van der Waals surface area contributed by atoms with E-state index < -0.39 is 41.8 Å². The molecule has 0 aliphatic rings. The number of fused-ring (bicyclic) bond motifs is 1. The topological polar surface area (TPSA) is 195 Å². The van der Waals surface area contributed by atoms with E-state index in [0.717, 1.165) is 16.5 Å². The molecule has 2 heterocycles. The first-order valence-electron chi connectivity index (χ1n) is 11.5. The minimum atomic E-state index is -1.23. The Morgan fingerprint density at radius 2 is 1.78 bits per heavy atom. The van der Waals surface area contributed by atoms with Crippen molar-refractivity contribution in [1.82, 2.24) is 30.9 Å². The number of carbonyl (C=O) groups is 4. The molecule has 3 atom stereocenters. The van der Waals surface area contributed by atoms with E-state index in [1.807, 2.05) is 24.3 Å². The number of aromatic amines is 2. The molecular formula is C24H31N7O5. The van der Waals surface area contributed by atoms with Crippen molar-refractivity contribution in [3.8, 4) is 0 Å². The molecule has 0 fully saturated rings. The SMILES string of the molecule is CC(C)C(N)C(=O)NCC(=O)NC(Cc1cnc[nH]1)C(=O)NC(Cc1c[nH]c2ccccc12)C(=O)O. The van der Waals surface area contributed by atoms with Crippen molar-refractivity contribution in [2.24, 2.45) is 11.7 Å². The van der Waals surface area contributed by atoms with Crippen LogP contribution < -0.4 is 21.7 Å². The normalized spacial score (nSPS) is 13.7. The minimum absolute atomic E-state index is 0.0381. The Bertz CT molecular complexity index is 1200. The molecule has 3 unspecified atom stereocenters. The molecule has 3 amide bonds. The van der Waals surface area contributed by atoms with E-state index in [4.69, 9.17) is 5.73 Å². The third kappa shape index (κ3) is 6.92. The van der Waals surface area contributed by atoms with Crippen LogP contribution in [0.4, 0.5) is 0 Å². The Kier molecular flexibility index (Phi) is 8.79. The molecule has 1 aromatic carbocycles. The summed E-state index contributed by atoms with van der Waals surface area (Å²) in [6.07, 6.45) is 4.71. The number of nitrogens with zero attached hydrogens (tertiary/aromatic N) is 1. The van der Waals surface area contributed by atoms with Crippen LogP contribution in [0.25, 0.3) is 10.9 Å². The van der Waals surface area contributed by atoms with E-state index in [-0.39, 0.29) is 25.3 Å². The Labute approximate surface area is 207 Å². The van der Waals surface area contributed by atoms with Crippen LogP contribution >= 0.6 is 0 Å². The van der Waals surface area contributed by atoms with Gasteiger partial charge in [0.25, 0.3) is 0 Å². The van der Waals surface area contributed by atoms with Gasteiger partial charge in [-0.05, 0) is 17.5 Å². The molecule has 0 spiro atoms. The van der Waals surface area contributed by atoms with Gasteiger partial charge in [0, 0.05) is 41.8 Å². The van der Waals surface area contributed by atoms with Crippen LogP contribution in [0.5, 0.6) is 0 Å². The van der Waals surface area contributed by atoms with Gasteiger partial charge in [-0.2, -0.15) is 0 Å². The van der Waals surface area contributed by atoms with Gasteiger partial charge in [0.1, 0.15) is 12.1 Å². The number of rotatable bonds is 12. The van der Waals surface area contributed by atoms with Crippen molar-refractivity contribution in [1.29, 1.82) is 0 Å². The summed E-state index contributed by atoms with van der Waals surface area (Å²) >= 11 is 0. The molecule has 8 N–H and O–H groups in total. The second-order valence-electron chi connectivity index (χ2n) is 8.85. The summed E-state index contributed by atoms with van der Waals surface area (Å²) in [5.41, 5.74) is 7.93. The van der Waals surface area contributed by atoms with Crippen molar-refractivity contribution in [3.05, 3.63) is 54.2 Å². The van der Waals surface area contributed by atoms with Crippen LogP contribution in [0, 0.1) is 5.92 Å². The first kappa shape index (κ1) is 26.4. The molecule has 12 heteroatoms. The average Bonchev–Trinajstić information content (AvgIpc) is 3.51. The maximum absolute atomic E-state index is 13.1. The zero-order valence-corrected chi connectivity index (χ0v) is 20.1. The molecule has 2 aromatic heterocycles. The first-order valence-corrected chi connectivity index (χ1v) is 11.5. The highest BCUT2D eigenvalue weighted by Gasteiger charge is 2.28. The van der Waals surface area contributed by atoms with Gasteiger partial charge in [-0.1, -0.05) is 32.0 Å². The van der Waals surface area contributed by atoms with Crippen molar-refractivity contribution in [3.63, 3.8) is 0 Å². The summed E-state index contributed by atoms with van der Waals surface area (Å²) in [4.78, 5) is 59.5. The molecule has 0 bridgehead atoms. The van der Waals surface area contributed by atoms with Crippen LogP contribution in [0.2, 0.25) is 0 Å². The van der Waals surface area contributed by atoms with Crippen molar-refractivity contribution >= 4 is 34.6 Å². The van der Waals surface area contributed by atoms with Crippen LogP contribution in [-0.4, -0.2) is 68.4 Å². The highest BCUT2D eigenvalue weighted by Crippen LogP contribution is 2.19. The van der Waals surface area contributed by atoms with E-state index in [9.17, 15) is 24.3 Å². The summed E-state index contributed by atoms with van der Waals surface area (Å²) < 4.78 is 0. The number of aromatic nitrogens is 3. The molecule has 3 rings (SSSR count). The fraction of sp³-hybridized carbons (Fsp3) is 0.375. The number of carbonyl (C=O) groups excluding carboxylic acids is 3. The van der Waals surface area contributed by atoms with E-state index >= 15 is 0 Å². The number of aliphatic carboxylic acids is 1. The molecule has 36 heavy (non-hydrogen) atoms. The molecular weight excluding hydrogens is 466 g/mol. The number of benzene rings is 1. The van der Waals surface area contributed by atoms with Gasteiger partial charge in [0.2, 0.25) is 17.7 Å². The molecule has 0 saturated carbocycles.